The maximum atomic E-state index is 13.3. The lowest BCUT2D eigenvalue weighted by molar-refractivity contribution is -0.382. The van der Waals surface area contributed by atoms with Crippen molar-refractivity contribution in [3.63, 3.8) is 0 Å². The molecule has 7 heteroatoms. The van der Waals surface area contributed by atoms with E-state index in [0.29, 0.717) is 28.4 Å². The number of ether oxygens (including phenoxy) is 1. The number of aromatic nitrogens is 1. The molecule has 0 aliphatic heterocycles. The van der Waals surface area contributed by atoms with Crippen molar-refractivity contribution in [1.82, 2.24) is 4.57 Å². The summed E-state index contributed by atoms with van der Waals surface area (Å²) in [7, 11) is 0. The summed E-state index contributed by atoms with van der Waals surface area (Å²) in [6.07, 6.45) is 0. The van der Waals surface area contributed by atoms with E-state index in [1.54, 1.807) is 37.3 Å². The van der Waals surface area contributed by atoms with Gasteiger partial charge >= 0.3 is 11.7 Å². The summed E-state index contributed by atoms with van der Waals surface area (Å²) in [4.78, 5) is 25.6. The number of carbonyl (C=O) groups excluding carboxylic acids is 1. The van der Waals surface area contributed by atoms with Gasteiger partial charge in [0.1, 0.15) is 11.6 Å². The number of nitro benzene ring substituents is 1. The van der Waals surface area contributed by atoms with Crippen LogP contribution < -0.4 is 0 Å². The Morgan fingerprint density at radius 3 is 2.28 bits per heavy atom. The number of nitriles is 1. The molecule has 5 rings (SSSR count). The number of esters is 1. The molecule has 5 aromatic rings. The first-order chi connectivity index (χ1) is 17.6. The van der Waals surface area contributed by atoms with Crippen molar-refractivity contribution < 1.29 is 14.5 Å². The predicted octanol–water partition coefficient (Wildman–Crippen LogP) is 6.47. The van der Waals surface area contributed by atoms with Gasteiger partial charge in [0.15, 0.2) is 0 Å². The largest absolute Gasteiger partial charge is 0.462 e. The van der Waals surface area contributed by atoms with Crippen molar-refractivity contribution in [3.05, 3.63) is 112 Å². The van der Waals surface area contributed by atoms with Gasteiger partial charge in [-0.25, -0.2) is 4.79 Å². The maximum Gasteiger partial charge on any atom is 0.340 e. The van der Waals surface area contributed by atoms with Gasteiger partial charge in [-0.05, 0) is 24.1 Å². The second-order valence-electron chi connectivity index (χ2n) is 8.24. The maximum absolute atomic E-state index is 13.3. The Kier molecular flexibility index (Phi) is 5.93. The highest BCUT2D eigenvalue weighted by Crippen LogP contribution is 2.46. The molecule has 0 spiro atoms. The topological polar surface area (TPSA) is 98.2 Å². The molecule has 0 unspecified atom stereocenters. The second-order valence-corrected chi connectivity index (χ2v) is 8.24. The molecule has 4 aromatic carbocycles. The number of hydrogen-bond donors (Lipinski definition) is 0. The van der Waals surface area contributed by atoms with Gasteiger partial charge in [0.2, 0.25) is 0 Å². The standard InChI is InChI=1S/C29H21N3O4/c1-2-36-29(33)26-22(17-30)25-21-15-9-10-16-23(21)31(18-19-11-5-3-6-12-19)27(25)28(32(34)35)24(26)20-13-7-4-8-14-20/h3-16H,2,18H2,1H3. The van der Waals surface area contributed by atoms with Crippen molar-refractivity contribution in [3.8, 4) is 17.2 Å². The number of nitro groups is 1. The molecule has 0 amide bonds. The van der Waals surface area contributed by atoms with Crippen molar-refractivity contribution in [1.29, 1.82) is 5.26 Å². The van der Waals surface area contributed by atoms with Crippen LogP contribution in [-0.4, -0.2) is 22.1 Å². The van der Waals surface area contributed by atoms with Crippen LogP contribution in [0, 0.1) is 21.4 Å². The summed E-state index contributed by atoms with van der Waals surface area (Å²) in [5, 5.41) is 24.2. The molecule has 0 aliphatic rings. The third-order valence-electron chi connectivity index (χ3n) is 6.20. The van der Waals surface area contributed by atoms with E-state index in [-0.39, 0.29) is 29.0 Å². The number of para-hydroxylation sites is 1. The van der Waals surface area contributed by atoms with Gasteiger partial charge in [0, 0.05) is 22.8 Å². The van der Waals surface area contributed by atoms with Gasteiger partial charge in [0.05, 0.1) is 28.2 Å². The van der Waals surface area contributed by atoms with Crippen LogP contribution in [-0.2, 0) is 11.3 Å². The average molecular weight is 476 g/mol. The Balaban J connectivity index is 2.04. The van der Waals surface area contributed by atoms with Crippen molar-refractivity contribution in [2.45, 2.75) is 13.5 Å². The Morgan fingerprint density at radius 2 is 1.64 bits per heavy atom. The minimum absolute atomic E-state index is 0.0657. The van der Waals surface area contributed by atoms with Crippen LogP contribution in [0.3, 0.4) is 0 Å². The molecule has 1 aromatic heterocycles. The zero-order chi connectivity index (χ0) is 25.2. The van der Waals surface area contributed by atoms with Crippen LogP contribution in [0.4, 0.5) is 5.69 Å². The number of hydrogen-bond acceptors (Lipinski definition) is 5. The zero-order valence-corrected chi connectivity index (χ0v) is 19.5. The van der Waals surface area contributed by atoms with Gasteiger partial charge in [0.25, 0.3) is 0 Å². The van der Waals surface area contributed by atoms with E-state index in [1.807, 2.05) is 59.2 Å². The summed E-state index contributed by atoms with van der Waals surface area (Å²) in [5.41, 5.74) is 2.27. The number of nitrogens with zero attached hydrogens (tertiary/aromatic N) is 3. The number of fused-ring (bicyclic) bond motifs is 3. The number of rotatable bonds is 6. The van der Waals surface area contributed by atoms with Crippen LogP contribution in [0.15, 0.2) is 84.9 Å². The Bertz CT molecular complexity index is 1670. The monoisotopic (exact) mass is 475 g/mol. The van der Waals surface area contributed by atoms with E-state index in [2.05, 4.69) is 6.07 Å². The first kappa shape index (κ1) is 22.8. The molecule has 0 fully saturated rings. The van der Waals surface area contributed by atoms with Crippen LogP contribution in [0.2, 0.25) is 0 Å². The Morgan fingerprint density at radius 1 is 1.00 bits per heavy atom. The zero-order valence-electron chi connectivity index (χ0n) is 19.5. The summed E-state index contributed by atoms with van der Waals surface area (Å²) < 4.78 is 7.17. The first-order valence-electron chi connectivity index (χ1n) is 11.5. The lowest BCUT2D eigenvalue weighted by atomic mass is 9.90. The van der Waals surface area contributed by atoms with E-state index >= 15 is 0 Å². The van der Waals surface area contributed by atoms with Gasteiger partial charge < -0.3 is 9.30 Å². The highest BCUT2D eigenvalue weighted by Gasteiger charge is 2.35. The van der Waals surface area contributed by atoms with Gasteiger partial charge in [-0.2, -0.15) is 5.26 Å². The molecule has 0 aliphatic carbocycles. The molecule has 0 N–H and O–H groups in total. The van der Waals surface area contributed by atoms with E-state index in [1.165, 1.54) is 0 Å². The fraction of sp³-hybridized carbons (Fsp3) is 0.103. The first-order valence-corrected chi connectivity index (χ1v) is 11.5. The van der Waals surface area contributed by atoms with E-state index < -0.39 is 10.9 Å². The fourth-order valence-corrected chi connectivity index (χ4v) is 4.80. The Hall–Kier alpha value is -4.96. The highest BCUT2D eigenvalue weighted by atomic mass is 16.6. The third kappa shape index (κ3) is 3.65. The fourth-order valence-electron chi connectivity index (χ4n) is 4.80. The molecule has 7 nitrogen and oxygen atoms in total. The van der Waals surface area contributed by atoms with Crippen LogP contribution in [0.5, 0.6) is 0 Å². The van der Waals surface area contributed by atoms with Crippen LogP contribution in [0.25, 0.3) is 32.9 Å². The van der Waals surface area contributed by atoms with Gasteiger partial charge in [-0.1, -0.05) is 78.9 Å². The highest BCUT2D eigenvalue weighted by molar-refractivity contribution is 6.20. The summed E-state index contributed by atoms with van der Waals surface area (Å²) >= 11 is 0. The molecule has 0 atom stereocenters. The van der Waals surface area contributed by atoms with Gasteiger partial charge in [-0.3, -0.25) is 10.1 Å². The molecule has 1 heterocycles. The summed E-state index contributed by atoms with van der Waals surface area (Å²) in [6, 6.07) is 27.8. The number of carbonyl (C=O) groups is 1. The molecule has 36 heavy (non-hydrogen) atoms. The van der Waals surface area contributed by atoms with Crippen molar-refractivity contribution in [2.24, 2.45) is 0 Å². The average Bonchev–Trinajstić information content (AvgIpc) is 3.22. The third-order valence-corrected chi connectivity index (χ3v) is 6.20. The number of benzene rings is 4. The minimum atomic E-state index is -0.766. The molecular formula is C29H21N3O4. The van der Waals surface area contributed by atoms with Crippen LogP contribution in [0.1, 0.15) is 28.4 Å². The van der Waals surface area contributed by atoms with Crippen molar-refractivity contribution >= 4 is 33.5 Å². The molecule has 0 bridgehead atoms. The summed E-state index contributed by atoms with van der Waals surface area (Å²) in [6.45, 7) is 2.08. The summed E-state index contributed by atoms with van der Waals surface area (Å²) in [5.74, 6) is -0.766. The van der Waals surface area contributed by atoms with E-state index in [4.69, 9.17) is 4.74 Å². The predicted molar refractivity (Wildman–Crippen MR) is 138 cm³/mol. The van der Waals surface area contributed by atoms with Crippen LogP contribution >= 0.6 is 0 Å². The SMILES string of the molecule is CCOC(=O)c1c(-c2ccccc2)c([N+](=O)[O-])c2c(c1C#N)c1ccccc1n2Cc1ccccc1. The van der Waals surface area contributed by atoms with Gasteiger partial charge in [-0.15, -0.1) is 0 Å². The normalized spacial score (nSPS) is 10.9. The molecule has 0 radical (unpaired) electrons. The lowest BCUT2D eigenvalue weighted by Crippen LogP contribution is -2.12. The molecular weight excluding hydrogens is 454 g/mol. The smallest absolute Gasteiger partial charge is 0.340 e. The molecule has 176 valence electrons. The molecule has 0 saturated carbocycles. The second kappa shape index (κ2) is 9.35. The Labute approximate surface area is 206 Å². The minimum Gasteiger partial charge on any atom is -0.462 e. The quantitative estimate of drug-likeness (QED) is 0.159. The van der Waals surface area contributed by atoms with E-state index in [0.717, 1.165) is 11.1 Å². The van der Waals surface area contributed by atoms with Crippen molar-refractivity contribution in [2.75, 3.05) is 6.61 Å². The lowest BCUT2D eigenvalue weighted by Gasteiger charge is -2.15. The van der Waals surface area contributed by atoms with E-state index in [9.17, 15) is 20.2 Å². The molecule has 0 saturated heterocycles.